The fourth-order valence-electron chi connectivity index (χ4n) is 2.79. The van der Waals surface area contributed by atoms with Gasteiger partial charge in [-0.3, -0.25) is 24.0 Å². The molecule has 3 unspecified atom stereocenters. The van der Waals surface area contributed by atoms with Crippen molar-refractivity contribution in [3.05, 3.63) is 0 Å². The number of carboxylic acids is 1. The minimum atomic E-state index is -1.43. The number of carbonyl (C=O) groups is 7. The highest BCUT2D eigenvalue weighted by atomic mass is 16.7. The second-order valence-corrected chi connectivity index (χ2v) is 13.5. The first kappa shape index (κ1) is 52.7. The van der Waals surface area contributed by atoms with Gasteiger partial charge in [0.2, 0.25) is 0 Å². The summed E-state index contributed by atoms with van der Waals surface area (Å²) in [5, 5.41) is 9.18. The highest BCUT2D eigenvalue weighted by Gasteiger charge is 2.37. The molecule has 294 valence electrons. The average Bonchev–Trinajstić information content (AvgIpc) is 2.98. The SMILES string of the molecule is C.CCC(=O)OC(C)COC(=O)OC.CCC(=O)OCC(C)(COC(=O)CC(C)(C)C)C(=O)O.COC(=O)OCC(C)OC(=O)CC(C)(C)C. The van der Waals surface area contributed by atoms with Gasteiger partial charge >= 0.3 is 42.2 Å². The predicted octanol–water partition coefficient (Wildman–Crippen LogP) is 5.89. The van der Waals surface area contributed by atoms with Gasteiger partial charge < -0.3 is 43.0 Å². The zero-order valence-electron chi connectivity index (χ0n) is 31.4. The number of methoxy groups -OCH3 is 2. The third-order valence-corrected chi connectivity index (χ3v) is 5.42. The summed E-state index contributed by atoms with van der Waals surface area (Å²) < 4.78 is 37.4. The summed E-state index contributed by atoms with van der Waals surface area (Å²) >= 11 is 0. The number of aliphatic carboxylic acids is 1. The highest BCUT2D eigenvalue weighted by molar-refractivity contribution is 5.77. The molecule has 50 heavy (non-hydrogen) atoms. The van der Waals surface area contributed by atoms with Crippen LogP contribution in [0.1, 0.15) is 109 Å². The first-order valence-electron chi connectivity index (χ1n) is 15.7. The molecule has 0 fully saturated rings. The third-order valence-electron chi connectivity index (χ3n) is 5.42. The van der Waals surface area contributed by atoms with Crippen LogP contribution in [0.4, 0.5) is 9.59 Å². The normalized spacial score (nSPS) is 12.8. The number of hydrogen-bond acceptors (Lipinski definition) is 15. The summed E-state index contributed by atoms with van der Waals surface area (Å²) in [7, 11) is 2.43. The van der Waals surface area contributed by atoms with E-state index in [4.69, 9.17) is 18.9 Å². The molecule has 0 saturated heterocycles. The van der Waals surface area contributed by atoms with Crippen LogP contribution in [-0.2, 0) is 61.9 Å². The molecule has 1 N–H and O–H groups in total. The largest absolute Gasteiger partial charge is 0.508 e. The van der Waals surface area contributed by atoms with E-state index in [1.165, 1.54) is 21.1 Å². The molecule has 16 heteroatoms. The van der Waals surface area contributed by atoms with Crippen molar-refractivity contribution in [3.8, 4) is 0 Å². The maximum Gasteiger partial charge on any atom is 0.508 e. The van der Waals surface area contributed by atoms with E-state index in [0.717, 1.165) is 0 Å². The Morgan fingerprint density at radius 2 is 0.900 bits per heavy atom. The third kappa shape index (κ3) is 32.4. The molecule has 0 aliphatic rings. The smallest absolute Gasteiger partial charge is 0.481 e. The van der Waals surface area contributed by atoms with E-state index >= 15 is 0 Å². The van der Waals surface area contributed by atoms with E-state index in [0.29, 0.717) is 12.8 Å². The van der Waals surface area contributed by atoms with E-state index < -0.39 is 47.8 Å². The Labute approximate surface area is 297 Å². The highest BCUT2D eigenvalue weighted by Crippen LogP contribution is 2.22. The number of rotatable bonds is 15. The van der Waals surface area contributed by atoms with Gasteiger partial charge in [-0.2, -0.15) is 0 Å². The number of esters is 4. The van der Waals surface area contributed by atoms with Gasteiger partial charge in [0.1, 0.15) is 44.1 Å². The molecule has 3 atom stereocenters. The van der Waals surface area contributed by atoms with Crippen molar-refractivity contribution in [2.24, 2.45) is 16.2 Å². The number of hydrogen-bond donors (Lipinski definition) is 1. The summed E-state index contributed by atoms with van der Waals surface area (Å²) in [6, 6.07) is 0. The van der Waals surface area contributed by atoms with Gasteiger partial charge in [0.05, 0.1) is 27.1 Å². The van der Waals surface area contributed by atoms with Crippen LogP contribution in [0.5, 0.6) is 0 Å². The summed E-state index contributed by atoms with van der Waals surface area (Å²) in [5.74, 6) is -2.75. The quantitative estimate of drug-likeness (QED) is 0.154. The zero-order valence-corrected chi connectivity index (χ0v) is 31.4. The lowest BCUT2D eigenvalue weighted by Gasteiger charge is -2.25. The summed E-state index contributed by atoms with van der Waals surface area (Å²) in [4.78, 5) is 77.2. The van der Waals surface area contributed by atoms with E-state index in [1.807, 2.05) is 41.5 Å². The first-order valence-corrected chi connectivity index (χ1v) is 15.7. The fourth-order valence-corrected chi connectivity index (χ4v) is 2.79. The molecular formula is C34H62O16. The zero-order chi connectivity index (χ0) is 39.0. The van der Waals surface area contributed by atoms with Gasteiger partial charge in [-0.25, -0.2) is 9.59 Å². The Morgan fingerprint density at radius 1 is 0.560 bits per heavy atom. The van der Waals surface area contributed by atoms with Crippen LogP contribution in [0.2, 0.25) is 0 Å². The van der Waals surface area contributed by atoms with E-state index in [-0.39, 0.29) is 69.5 Å². The number of carbonyl (C=O) groups excluding carboxylic acids is 6. The summed E-state index contributed by atoms with van der Waals surface area (Å²) in [6.45, 7) is 18.8. The maximum absolute atomic E-state index is 11.6. The standard InChI is InChI=1S/C14H24O6.C11H20O5.C8H14O5.CH4/c1-6-10(15)19-8-14(5,12(17)18)9-20-11(16)7-13(2,3)4;1-8(7-15-10(13)14-5)16-9(12)6-11(2,3)4;1-4-7(9)13-6(2)5-12-8(10)11-3;/h6-9H2,1-5H3,(H,17,18);8H,6-7H2,1-5H3;6H,4-5H2,1-3H3;1H4. The van der Waals surface area contributed by atoms with Crippen LogP contribution in [0.3, 0.4) is 0 Å². The van der Waals surface area contributed by atoms with Crippen LogP contribution in [-0.4, -0.2) is 100 Å². The summed E-state index contributed by atoms with van der Waals surface area (Å²) in [5.41, 5.74) is -1.77. The molecular weight excluding hydrogens is 664 g/mol. The molecule has 0 aromatic heterocycles. The molecule has 0 aliphatic carbocycles. The second kappa shape index (κ2) is 26.7. The molecule has 0 saturated carbocycles. The fraction of sp³-hybridized carbons (Fsp3) is 0.794. The molecule has 0 heterocycles. The molecule has 0 aromatic rings. The average molecular weight is 727 g/mol. The van der Waals surface area contributed by atoms with Crippen molar-refractivity contribution >= 4 is 42.2 Å². The Hall–Kier alpha value is -4.11. The van der Waals surface area contributed by atoms with Gasteiger partial charge in [0.15, 0.2) is 0 Å². The van der Waals surface area contributed by atoms with E-state index in [2.05, 4.69) is 18.9 Å². The van der Waals surface area contributed by atoms with Crippen LogP contribution in [0.15, 0.2) is 0 Å². The van der Waals surface area contributed by atoms with Crippen molar-refractivity contribution in [3.63, 3.8) is 0 Å². The lowest BCUT2D eigenvalue weighted by atomic mass is 9.91. The molecule has 16 nitrogen and oxygen atoms in total. The lowest BCUT2D eigenvalue weighted by molar-refractivity contribution is -0.166. The molecule has 0 aliphatic heterocycles. The Morgan fingerprint density at radius 3 is 1.22 bits per heavy atom. The molecule has 0 spiro atoms. The molecule has 0 amide bonds. The Kier molecular flexibility index (Phi) is 28.2. The molecule has 0 rings (SSSR count). The van der Waals surface area contributed by atoms with Crippen molar-refractivity contribution in [1.82, 2.24) is 0 Å². The van der Waals surface area contributed by atoms with Gasteiger partial charge in [-0.05, 0) is 31.6 Å². The first-order chi connectivity index (χ1) is 22.3. The Bertz CT molecular complexity index is 1040. The van der Waals surface area contributed by atoms with Crippen LogP contribution >= 0.6 is 0 Å². The van der Waals surface area contributed by atoms with Crippen LogP contribution < -0.4 is 0 Å². The minimum absolute atomic E-state index is 0. The Balaban J connectivity index is -0.000000322. The van der Waals surface area contributed by atoms with Crippen LogP contribution in [0.25, 0.3) is 0 Å². The lowest BCUT2D eigenvalue weighted by Crippen LogP contribution is -2.39. The number of ether oxygens (including phenoxy) is 8. The summed E-state index contributed by atoms with van der Waals surface area (Å²) in [6.07, 6.45) is -1.46. The predicted molar refractivity (Wildman–Crippen MR) is 181 cm³/mol. The molecule has 0 radical (unpaired) electrons. The van der Waals surface area contributed by atoms with Crippen LogP contribution in [0, 0.1) is 16.2 Å². The second-order valence-electron chi connectivity index (χ2n) is 13.5. The van der Waals surface area contributed by atoms with Crippen molar-refractivity contribution in [2.75, 3.05) is 40.6 Å². The number of carboxylic acid groups (broad SMARTS) is 1. The van der Waals surface area contributed by atoms with Gasteiger partial charge in [-0.15, -0.1) is 0 Å². The minimum Gasteiger partial charge on any atom is -0.481 e. The topological polar surface area (TPSA) is 214 Å². The maximum atomic E-state index is 11.6. The van der Waals surface area contributed by atoms with Crippen molar-refractivity contribution in [1.29, 1.82) is 0 Å². The van der Waals surface area contributed by atoms with Gasteiger partial charge in [0.25, 0.3) is 0 Å². The van der Waals surface area contributed by atoms with E-state index in [1.54, 1.807) is 27.7 Å². The monoisotopic (exact) mass is 726 g/mol. The molecule has 0 bridgehead atoms. The van der Waals surface area contributed by atoms with E-state index in [9.17, 15) is 38.7 Å². The van der Waals surface area contributed by atoms with Crippen molar-refractivity contribution in [2.45, 2.75) is 121 Å². The van der Waals surface area contributed by atoms with Crippen molar-refractivity contribution < 1.29 is 76.6 Å². The van der Waals surface area contributed by atoms with Gasteiger partial charge in [-0.1, -0.05) is 62.8 Å². The van der Waals surface area contributed by atoms with Gasteiger partial charge in [0, 0.05) is 12.8 Å². The molecule has 0 aromatic carbocycles.